The zero-order chi connectivity index (χ0) is 22.8. The van der Waals surface area contributed by atoms with E-state index in [1.807, 2.05) is 48.5 Å². The summed E-state index contributed by atoms with van der Waals surface area (Å²) in [6.45, 7) is 2.06. The molecule has 0 aromatic heterocycles. The van der Waals surface area contributed by atoms with Gasteiger partial charge in [-0.15, -0.1) is 0 Å². The fraction of sp³-hybridized carbons (Fsp3) is 0.200. The van der Waals surface area contributed by atoms with Crippen LogP contribution in [0.4, 0.5) is 0 Å². The average molecular weight is 434 g/mol. The van der Waals surface area contributed by atoms with Gasteiger partial charge in [-0.1, -0.05) is 36.4 Å². The molecule has 7 nitrogen and oxygen atoms in total. The first-order valence-corrected chi connectivity index (χ1v) is 10.0. The fourth-order valence-electron chi connectivity index (χ4n) is 2.83. The van der Waals surface area contributed by atoms with E-state index in [2.05, 4.69) is 10.5 Å². The second-order valence-electron chi connectivity index (χ2n) is 6.84. The summed E-state index contributed by atoms with van der Waals surface area (Å²) in [6, 6.07) is 22.4. The van der Waals surface area contributed by atoms with Gasteiger partial charge < -0.3 is 18.9 Å². The Bertz CT molecular complexity index is 1070. The maximum absolute atomic E-state index is 12.1. The maximum atomic E-state index is 12.1. The molecule has 0 unspecified atom stereocenters. The SMILES string of the molecule is COc1cccc(OCC(=O)NN=C(C)c2ccc(OCc3ccccc3)c(OC)c2)c1. The van der Waals surface area contributed by atoms with Crippen molar-refractivity contribution in [3.63, 3.8) is 0 Å². The zero-order valence-electron chi connectivity index (χ0n) is 18.3. The van der Waals surface area contributed by atoms with Crippen LogP contribution in [0.5, 0.6) is 23.0 Å². The average Bonchev–Trinajstić information content (AvgIpc) is 2.85. The first-order chi connectivity index (χ1) is 15.6. The number of carbonyl (C=O) groups is 1. The third-order valence-corrected chi connectivity index (χ3v) is 4.58. The molecule has 3 rings (SSSR count). The van der Waals surface area contributed by atoms with E-state index in [4.69, 9.17) is 18.9 Å². The van der Waals surface area contributed by atoms with Gasteiger partial charge in [0.25, 0.3) is 5.91 Å². The van der Waals surface area contributed by atoms with Crippen molar-refractivity contribution < 1.29 is 23.7 Å². The maximum Gasteiger partial charge on any atom is 0.277 e. The third-order valence-electron chi connectivity index (χ3n) is 4.58. The molecule has 166 valence electrons. The second kappa shape index (κ2) is 11.4. The molecule has 0 saturated heterocycles. The van der Waals surface area contributed by atoms with Gasteiger partial charge >= 0.3 is 0 Å². The normalized spacial score (nSPS) is 10.9. The van der Waals surface area contributed by atoms with Crippen molar-refractivity contribution in [3.05, 3.63) is 83.9 Å². The van der Waals surface area contributed by atoms with Crippen LogP contribution >= 0.6 is 0 Å². The summed E-state index contributed by atoms with van der Waals surface area (Å²) >= 11 is 0. The van der Waals surface area contributed by atoms with E-state index in [9.17, 15) is 4.79 Å². The molecule has 0 fully saturated rings. The summed E-state index contributed by atoms with van der Waals surface area (Å²) in [5, 5.41) is 4.16. The van der Waals surface area contributed by atoms with Gasteiger partial charge in [0.1, 0.15) is 18.1 Å². The van der Waals surface area contributed by atoms with E-state index in [1.165, 1.54) is 0 Å². The number of hydrogen-bond acceptors (Lipinski definition) is 6. The van der Waals surface area contributed by atoms with Gasteiger partial charge in [0.15, 0.2) is 18.1 Å². The van der Waals surface area contributed by atoms with Crippen LogP contribution in [0.15, 0.2) is 77.9 Å². The van der Waals surface area contributed by atoms with E-state index in [0.717, 1.165) is 11.1 Å². The monoisotopic (exact) mass is 434 g/mol. The highest BCUT2D eigenvalue weighted by Crippen LogP contribution is 2.29. The molecule has 7 heteroatoms. The predicted octanol–water partition coefficient (Wildman–Crippen LogP) is 4.20. The van der Waals surface area contributed by atoms with Crippen LogP contribution in [0.2, 0.25) is 0 Å². The molecule has 0 saturated carbocycles. The van der Waals surface area contributed by atoms with Crippen LogP contribution in [0.25, 0.3) is 0 Å². The summed E-state index contributed by atoms with van der Waals surface area (Å²) in [6.07, 6.45) is 0. The molecule has 3 aromatic carbocycles. The molecule has 32 heavy (non-hydrogen) atoms. The molecule has 0 aliphatic rings. The number of carbonyl (C=O) groups excluding carboxylic acids is 1. The lowest BCUT2D eigenvalue weighted by Crippen LogP contribution is -2.25. The summed E-state index contributed by atoms with van der Waals surface area (Å²) in [5.41, 5.74) is 4.98. The van der Waals surface area contributed by atoms with Crippen molar-refractivity contribution in [1.29, 1.82) is 0 Å². The number of amides is 1. The van der Waals surface area contributed by atoms with Gasteiger partial charge in [0.05, 0.1) is 19.9 Å². The van der Waals surface area contributed by atoms with Gasteiger partial charge in [-0.05, 0) is 42.8 Å². The minimum atomic E-state index is -0.373. The van der Waals surface area contributed by atoms with E-state index in [-0.39, 0.29) is 12.5 Å². The van der Waals surface area contributed by atoms with Crippen LogP contribution in [-0.2, 0) is 11.4 Å². The van der Waals surface area contributed by atoms with Gasteiger partial charge in [-0.3, -0.25) is 4.79 Å². The van der Waals surface area contributed by atoms with Crippen molar-refractivity contribution in [2.24, 2.45) is 5.10 Å². The molecule has 0 bridgehead atoms. The van der Waals surface area contributed by atoms with E-state index in [0.29, 0.717) is 35.3 Å². The summed E-state index contributed by atoms with van der Waals surface area (Å²) in [5.74, 6) is 2.03. The minimum Gasteiger partial charge on any atom is -0.497 e. The first-order valence-electron chi connectivity index (χ1n) is 10.0. The molecular formula is C25H26N2O5. The lowest BCUT2D eigenvalue weighted by atomic mass is 10.1. The van der Waals surface area contributed by atoms with Crippen LogP contribution in [0.1, 0.15) is 18.1 Å². The van der Waals surface area contributed by atoms with Crippen molar-refractivity contribution in [2.75, 3.05) is 20.8 Å². The largest absolute Gasteiger partial charge is 0.497 e. The molecular weight excluding hydrogens is 408 g/mol. The molecule has 0 spiro atoms. The predicted molar refractivity (Wildman–Crippen MR) is 123 cm³/mol. The molecule has 0 aliphatic carbocycles. The second-order valence-corrected chi connectivity index (χ2v) is 6.84. The third kappa shape index (κ3) is 6.50. The minimum absolute atomic E-state index is 0.167. The van der Waals surface area contributed by atoms with E-state index < -0.39 is 0 Å². The molecule has 3 aromatic rings. The number of nitrogens with zero attached hydrogens (tertiary/aromatic N) is 1. The Labute approximate surface area is 187 Å². The van der Waals surface area contributed by atoms with Gasteiger partial charge in [0, 0.05) is 11.6 Å². The van der Waals surface area contributed by atoms with E-state index in [1.54, 1.807) is 45.4 Å². The number of methoxy groups -OCH3 is 2. The lowest BCUT2D eigenvalue weighted by Gasteiger charge is -2.12. The quantitative estimate of drug-likeness (QED) is 0.382. The fourth-order valence-corrected chi connectivity index (χ4v) is 2.83. The molecule has 1 amide bonds. The number of rotatable bonds is 10. The van der Waals surface area contributed by atoms with Gasteiger partial charge in [0.2, 0.25) is 0 Å². The van der Waals surface area contributed by atoms with Crippen molar-refractivity contribution in [2.45, 2.75) is 13.5 Å². The number of benzene rings is 3. The van der Waals surface area contributed by atoms with Crippen molar-refractivity contribution in [3.8, 4) is 23.0 Å². The Kier molecular flexibility index (Phi) is 8.09. The summed E-state index contributed by atoms with van der Waals surface area (Å²) in [4.78, 5) is 12.1. The standard InChI is InChI=1S/C25H26N2O5/c1-18(26-27-25(28)17-31-22-11-7-10-21(15-22)29-2)20-12-13-23(24(14-20)30-3)32-16-19-8-5-4-6-9-19/h4-15H,16-17H2,1-3H3,(H,27,28). The number of nitrogens with one attached hydrogen (secondary N) is 1. The Morgan fingerprint density at radius 2 is 1.62 bits per heavy atom. The molecule has 0 radical (unpaired) electrons. The molecule has 0 aliphatic heterocycles. The number of ether oxygens (including phenoxy) is 4. The Hall–Kier alpha value is -4.00. The smallest absolute Gasteiger partial charge is 0.277 e. The Balaban J connectivity index is 1.57. The molecule has 0 atom stereocenters. The zero-order valence-corrected chi connectivity index (χ0v) is 18.3. The summed E-state index contributed by atoms with van der Waals surface area (Å²) < 4.78 is 21.9. The van der Waals surface area contributed by atoms with Crippen LogP contribution in [-0.4, -0.2) is 32.4 Å². The number of hydrogen-bond donors (Lipinski definition) is 1. The molecule has 1 N–H and O–H groups in total. The van der Waals surface area contributed by atoms with Gasteiger partial charge in [-0.25, -0.2) is 5.43 Å². The Morgan fingerprint density at radius 1 is 0.844 bits per heavy atom. The lowest BCUT2D eigenvalue weighted by molar-refractivity contribution is -0.123. The Morgan fingerprint density at radius 3 is 2.38 bits per heavy atom. The van der Waals surface area contributed by atoms with Crippen LogP contribution in [0, 0.1) is 0 Å². The summed E-state index contributed by atoms with van der Waals surface area (Å²) in [7, 11) is 3.15. The topological polar surface area (TPSA) is 78.4 Å². The van der Waals surface area contributed by atoms with Gasteiger partial charge in [-0.2, -0.15) is 5.10 Å². The van der Waals surface area contributed by atoms with Crippen molar-refractivity contribution >= 4 is 11.6 Å². The van der Waals surface area contributed by atoms with E-state index >= 15 is 0 Å². The van der Waals surface area contributed by atoms with Crippen molar-refractivity contribution in [1.82, 2.24) is 5.43 Å². The highest BCUT2D eigenvalue weighted by atomic mass is 16.5. The molecule has 0 heterocycles. The number of hydrazone groups is 1. The highest BCUT2D eigenvalue weighted by molar-refractivity contribution is 5.99. The van der Waals surface area contributed by atoms with Crippen LogP contribution in [0.3, 0.4) is 0 Å². The highest BCUT2D eigenvalue weighted by Gasteiger charge is 2.09. The van der Waals surface area contributed by atoms with Crippen LogP contribution < -0.4 is 24.4 Å². The first kappa shape index (κ1) is 22.7.